The molecular weight excluding hydrogens is 317 g/mol. The first-order valence-electron chi connectivity index (χ1n) is 9.59. The highest BCUT2D eigenvalue weighted by Gasteiger charge is 2.24. The van der Waals surface area contributed by atoms with Crippen molar-refractivity contribution in [2.75, 3.05) is 32.7 Å². The summed E-state index contributed by atoms with van der Waals surface area (Å²) in [6.07, 6.45) is 4.85. The van der Waals surface area contributed by atoms with E-state index in [-0.39, 0.29) is 11.7 Å². The first kappa shape index (κ1) is 18.3. The number of hydrogen-bond donors (Lipinski definition) is 1. The Bertz CT molecular complexity index is 572. The quantitative estimate of drug-likeness (QED) is 0.889. The van der Waals surface area contributed by atoms with Crippen molar-refractivity contribution in [3.8, 4) is 0 Å². The van der Waals surface area contributed by atoms with Crippen LogP contribution in [0.1, 0.15) is 38.2 Å². The van der Waals surface area contributed by atoms with Gasteiger partial charge in [-0.3, -0.25) is 14.6 Å². The van der Waals surface area contributed by atoms with E-state index < -0.39 is 0 Å². The molecule has 2 atom stereocenters. The SMILES string of the molecule is C[C@@H]1CCCC[C@@H]1NC(=O)CN1CCN(Cc2ccccc2F)CC1. The molecule has 0 bridgehead atoms. The van der Waals surface area contributed by atoms with Gasteiger partial charge in [-0.05, 0) is 24.8 Å². The van der Waals surface area contributed by atoms with Crippen molar-refractivity contribution in [3.05, 3.63) is 35.6 Å². The maximum atomic E-state index is 13.8. The number of nitrogens with one attached hydrogen (secondary N) is 1. The fourth-order valence-corrected chi connectivity index (χ4v) is 3.96. The molecule has 4 nitrogen and oxygen atoms in total. The van der Waals surface area contributed by atoms with Crippen LogP contribution in [0.3, 0.4) is 0 Å². The van der Waals surface area contributed by atoms with E-state index in [1.54, 1.807) is 6.07 Å². The van der Waals surface area contributed by atoms with Crippen molar-refractivity contribution in [3.63, 3.8) is 0 Å². The van der Waals surface area contributed by atoms with E-state index in [4.69, 9.17) is 0 Å². The standard InChI is InChI=1S/C20H30FN3O/c1-16-6-2-5-9-19(16)22-20(25)15-24-12-10-23(11-13-24)14-17-7-3-4-8-18(17)21/h3-4,7-8,16,19H,2,5-6,9-15H2,1H3,(H,22,25)/t16-,19+/m1/s1. The monoisotopic (exact) mass is 347 g/mol. The molecular formula is C20H30FN3O. The van der Waals surface area contributed by atoms with Crippen LogP contribution in [0.2, 0.25) is 0 Å². The molecule has 1 amide bonds. The van der Waals surface area contributed by atoms with Crippen LogP contribution in [0.4, 0.5) is 4.39 Å². The van der Waals surface area contributed by atoms with Crippen molar-refractivity contribution >= 4 is 5.91 Å². The second-order valence-corrected chi connectivity index (χ2v) is 7.58. The summed E-state index contributed by atoms with van der Waals surface area (Å²) in [7, 11) is 0. The fourth-order valence-electron chi connectivity index (χ4n) is 3.96. The molecule has 1 heterocycles. The summed E-state index contributed by atoms with van der Waals surface area (Å²) < 4.78 is 13.8. The zero-order valence-corrected chi connectivity index (χ0v) is 15.2. The van der Waals surface area contributed by atoms with Gasteiger partial charge < -0.3 is 5.32 Å². The number of amides is 1. The van der Waals surface area contributed by atoms with E-state index in [1.165, 1.54) is 25.3 Å². The Morgan fingerprint density at radius 3 is 2.52 bits per heavy atom. The Morgan fingerprint density at radius 1 is 1.12 bits per heavy atom. The molecule has 1 saturated carbocycles. The molecule has 5 heteroatoms. The van der Waals surface area contributed by atoms with Crippen LogP contribution >= 0.6 is 0 Å². The minimum absolute atomic E-state index is 0.133. The fraction of sp³-hybridized carbons (Fsp3) is 0.650. The molecule has 1 aliphatic carbocycles. The van der Waals surface area contributed by atoms with Gasteiger partial charge >= 0.3 is 0 Å². The molecule has 138 valence electrons. The van der Waals surface area contributed by atoms with Gasteiger partial charge in [-0.2, -0.15) is 0 Å². The largest absolute Gasteiger partial charge is 0.352 e. The number of benzene rings is 1. The summed E-state index contributed by atoms with van der Waals surface area (Å²) in [5.74, 6) is 0.613. The molecule has 1 saturated heterocycles. The molecule has 3 rings (SSSR count). The van der Waals surface area contributed by atoms with E-state index in [1.807, 2.05) is 12.1 Å². The van der Waals surface area contributed by atoms with Gasteiger partial charge in [0.05, 0.1) is 6.54 Å². The Labute approximate surface area is 150 Å². The summed E-state index contributed by atoms with van der Waals surface area (Å²) in [5, 5.41) is 3.23. The minimum atomic E-state index is -0.133. The van der Waals surface area contributed by atoms with Crippen molar-refractivity contribution < 1.29 is 9.18 Å². The number of nitrogens with zero attached hydrogens (tertiary/aromatic N) is 2. The lowest BCUT2D eigenvalue weighted by Crippen LogP contribution is -2.51. The molecule has 2 fully saturated rings. The van der Waals surface area contributed by atoms with Gasteiger partial charge in [-0.1, -0.05) is 38.0 Å². The topological polar surface area (TPSA) is 35.6 Å². The van der Waals surface area contributed by atoms with Gasteiger partial charge in [0.1, 0.15) is 5.82 Å². The third kappa shape index (κ3) is 5.25. The number of halogens is 1. The Kier molecular flexibility index (Phi) is 6.43. The Morgan fingerprint density at radius 2 is 1.80 bits per heavy atom. The van der Waals surface area contributed by atoms with E-state index in [2.05, 4.69) is 22.0 Å². The van der Waals surface area contributed by atoms with Crippen LogP contribution < -0.4 is 5.32 Å². The second-order valence-electron chi connectivity index (χ2n) is 7.58. The molecule has 1 aliphatic heterocycles. The second kappa shape index (κ2) is 8.77. The summed E-state index contributed by atoms with van der Waals surface area (Å²) >= 11 is 0. The van der Waals surface area contributed by atoms with Crippen LogP contribution in [-0.2, 0) is 11.3 Å². The normalized spacial score (nSPS) is 25.7. The number of carbonyl (C=O) groups excluding carboxylic acids is 1. The van der Waals surface area contributed by atoms with Crippen molar-refractivity contribution in [1.82, 2.24) is 15.1 Å². The van der Waals surface area contributed by atoms with Crippen LogP contribution in [0.15, 0.2) is 24.3 Å². The predicted molar refractivity (Wildman–Crippen MR) is 97.7 cm³/mol. The molecule has 25 heavy (non-hydrogen) atoms. The van der Waals surface area contributed by atoms with E-state index in [9.17, 15) is 9.18 Å². The number of hydrogen-bond acceptors (Lipinski definition) is 3. The maximum Gasteiger partial charge on any atom is 0.234 e. The van der Waals surface area contributed by atoms with E-state index in [0.717, 1.165) is 38.2 Å². The summed E-state index contributed by atoms with van der Waals surface area (Å²) in [5.41, 5.74) is 0.750. The molecule has 0 unspecified atom stereocenters. The molecule has 1 aromatic rings. The summed E-state index contributed by atoms with van der Waals surface area (Å²) in [6, 6.07) is 7.32. The van der Waals surface area contributed by atoms with Crippen LogP contribution in [0, 0.1) is 11.7 Å². The highest BCUT2D eigenvalue weighted by Crippen LogP contribution is 2.23. The lowest BCUT2D eigenvalue weighted by molar-refractivity contribution is -0.124. The van der Waals surface area contributed by atoms with Crippen molar-refractivity contribution in [2.24, 2.45) is 5.92 Å². The van der Waals surface area contributed by atoms with Gasteiger partial charge in [0.25, 0.3) is 0 Å². The number of rotatable bonds is 5. The van der Waals surface area contributed by atoms with Crippen LogP contribution in [0.25, 0.3) is 0 Å². The maximum absolute atomic E-state index is 13.8. The lowest BCUT2D eigenvalue weighted by Gasteiger charge is -2.35. The third-order valence-electron chi connectivity index (χ3n) is 5.64. The molecule has 1 aromatic carbocycles. The van der Waals surface area contributed by atoms with Gasteiger partial charge in [-0.25, -0.2) is 4.39 Å². The molecule has 0 radical (unpaired) electrons. The average molecular weight is 347 g/mol. The predicted octanol–water partition coefficient (Wildman–Crippen LogP) is 2.64. The van der Waals surface area contributed by atoms with Gasteiger partial charge in [-0.15, -0.1) is 0 Å². The van der Waals surface area contributed by atoms with Gasteiger partial charge in [0.2, 0.25) is 5.91 Å². The van der Waals surface area contributed by atoms with Gasteiger partial charge in [0.15, 0.2) is 0 Å². The zero-order chi connectivity index (χ0) is 17.6. The highest BCUT2D eigenvalue weighted by atomic mass is 19.1. The van der Waals surface area contributed by atoms with Crippen molar-refractivity contribution in [2.45, 2.75) is 45.2 Å². The zero-order valence-electron chi connectivity index (χ0n) is 15.2. The Balaban J connectivity index is 1.40. The number of piperazine rings is 1. The van der Waals surface area contributed by atoms with Gasteiger partial charge in [0, 0.05) is 44.3 Å². The first-order chi connectivity index (χ1) is 12.1. The molecule has 0 aromatic heterocycles. The van der Waals surface area contributed by atoms with E-state index in [0.29, 0.717) is 25.0 Å². The third-order valence-corrected chi connectivity index (χ3v) is 5.64. The summed E-state index contributed by atoms with van der Waals surface area (Å²) in [6.45, 7) is 6.85. The van der Waals surface area contributed by atoms with Crippen LogP contribution in [-0.4, -0.2) is 54.5 Å². The molecule has 1 N–H and O–H groups in total. The average Bonchev–Trinajstić information content (AvgIpc) is 2.61. The van der Waals surface area contributed by atoms with Crippen LogP contribution in [0.5, 0.6) is 0 Å². The Hall–Kier alpha value is -1.46. The number of carbonyl (C=O) groups is 1. The molecule has 2 aliphatic rings. The highest BCUT2D eigenvalue weighted by molar-refractivity contribution is 5.78. The van der Waals surface area contributed by atoms with E-state index >= 15 is 0 Å². The summed E-state index contributed by atoms with van der Waals surface area (Å²) in [4.78, 5) is 16.8. The minimum Gasteiger partial charge on any atom is -0.352 e. The first-order valence-corrected chi connectivity index (χ1v) is 9.59. The molecule has 0 spiro atoms. The smallest absolute Gasteiger partial charge is 0.234 e. The lowest BCUT2D eigenvalue weighted by atomic mass is 9.86. The van der Waals surface area contributed by atoms with Crippen molar-refractivity contribution in [1.29, 1.82) is 0 Å².